The lowest BCUT2D eigenvalue weighted by Crippen LogP contribution is -2.25. The van der Waals surface area contributed by atoms with E-state index in [4.69, 9.17) is 10.5 Å². The van der Waals surface area contributed by atoms with Crippen LogP contribution in [0, 0.1) is 11.7 Å². The highest BCUT2D eigenvalue weighted by Gasteiger charge is 2.23. The number of nitrogens with two attached hydrogens (primary N) is 1. The molecule has 0 aliphatic heterocycles. The largest absolute Gasteiger partial charge is 0.487 e. The van der Waals surface area contributed by atoms with Crippen LogP contribution in [0.3, 0.4) is 0 Å². The second kappa shape index (κ2) is 6.90. The number of ether oxygens (including phenoxy) is 1. The van der Waals surface area contributed by atoms with E-state index in [0.29, 0.717) is 18.7 Å². The average Bonchev–Trinajstić information content (AvgIpc) is 2.44. The van der Waals surface area contributed by atoms with Gasteiger partial charge in [0.2, 0.25) is 0 Å². The Bertz CT molecular complexity index is 400. The van der Waals surface area contributed by atoms with Crippen LogP contribution in [0.1, 0.15) is 44.6 Å². The third kappa shape index (κ3) is 3.69. The van der Waals surface area contributed by atoms with Crippen molar-refractivity contribution in [1.29, 1.82) is 0 Å². The quantitative estimate of drug-likeness (QED) is 0.881. The van der Waals surface area contributed by atoms with E-state index in [9.17, 15) is 4.39 Å². The van der Waals surface area contributed by atoms with Crippen molar-refractivity contribution >= 4 is 0 Å². The highest BCUT2D eigenvalue weighted by molar-refractivity contribution is 5.35. The summed E-state index contributed by atoms with van der Waals surface area (Å²) in [5.74, 6) is 0.987. The van der Waals surface area contributed by atoms with Crippen LogP contribution in [0.25, 0.3) is 0 Å². The van der Waals surface area contributed by atoms with Crippen molar-refractivity contribution in [2.24, 2.45) is 11.7 Å². The van der Waals surface area contributed by atoms with E-state index in [-0.39, 0.29) is 11.9 Å². The topological polar surface area (TPSA) is 35.2 Å². The van der Waals surface area contributed by atoms with Gasteiger partial charge in [-0.2, -0.15) is 0 Å². The molecule has 2 rings (SSSR count). The molecule has 0 unspecified atom stereocenters. The minimum absolute atomic E-state index is 0.163. The molecule has 3 heteroatoms. The molecule has 0 bridgehead atoms. The molecular formula is C16H24FNO. The summed E-state index contributed by atoms with van der Waals surface area (Å²) in [6, 6.07) is 5.09. The summed E-state index contributed by atoms with van der Waals surface area (Å²) >= 11 is 0. The van der Waals surface area contributed by atoms with Crippen LogP contribution in [0.15, 0.2) is 18.2 Å². The molecule has 1 fully saturated rings. The highest BCUT2D eigenvalue weighted by Crippen LogP contribution is 2.31. The average molecular weight is 265 g/mol. The lowest BCUT2D eigenvalue weighted by atomic mass is 9.86. The SMILES string of the molecule is CCC1CCC(Oc2c(F)cccc2CCN)CC1. The van der Waals surface area contributed by atoms with Gasteiger partial charge in [-0.15, -0.1) is 0 Å². The van der Waals surface area contributed by atoms with Crippen molar-refractivity contribution in [3.63, 3.8) is 0 Å². The maximum absolute atomic E-state index is 13.9. The predicted octanol–water partition coefficient (Wildman–Crippen LogP) is 3.67. The normalized spacial score (nSPS) is 23.3. The van der Waals surface area contributed by atoms with Gasteiger partial charge in [-0.05, 0) is 56.2 Å². The van der Waals surface area contributed by atoms with Crippen LogP contribution in [-0.2, 0) is 6.42 Å². The Hall–Kier alpha value is -1.09. The molecule has 0 atom stereocenters. The van der Waals surface area contributed by atoms with E-state index < -0.39 is 0 Å². The Balaban J connectivity index is 2.02. The first-order valence-electron chi connectivity index (χ1n) is 7.38. The van der Waals surface area contributed by atoms with Gasteiger partial charge >= 0.3 is 0 Å². The molecule has 1 aromatic rings. The monoisotopic (exact) mass is 265 g/mol. The maximum Gasteiger partial charge on any atom is 0.165 e. The summed E-state index contributed by atoms with van der Waals surface area (Å²) in [5.41, 5.74) is 6.46. The number of para-hydroxylation sites is 1. The summed E-state index contributed by atoms with van der Waals surface area (Å²) in [6.45, 7) is 2.75. The van der Waals surface area contributed by atoms with E-state index in [2.05, 4.69) is 6.92 Å². The molecular weight excluding hydrogens is 241 g/mol. The molecule has 0 spiro atoms. The molecule has 19 heavy (non-hydrogen) atoms. The van der Waals surface area contributed by atoms with Gasteiger partial charge in [-0.25, -0.2) is 4.39 Å². The summed E-state index contributed by atoms with van der Waals surface area (Å²) < 4.78 is 19.8. The lowest BCUT2D eigenvalue weighted by molar-refractivity contribution is 0.124. The zero-order valence-corrected chi connectivity index (χ0v) is 11.7. The standard InChI is InChI=1S/C16H24FNO/c1-2-12-6-8-14(9-7-12)19-16-13(10-11-18)4-3-5-15(16)17/h3-5,12,14H,2,6-11,18H2,1H3. The van der Waals surface area contributed by atoms with Gasteiger partial charge in [0.05, 0.1) is 6.10 Å². The first kappa shape index (κ1) is 14.3. The van der Waals surface area contributed by atoms with E-state index >= 15 is 0 Å². The molecule has 0 amide bonds. The molecule has 1 aromatic carbocycles. The van der Waals surface area contributed by atoms with Crippen molar-refractivity contribution in [2.45, 2.75) is 51.6 Å². The Kier molecular flexibility index (Phi) is 5.20. The molecule has 0 aromatic heterocycles. The summed E-state index contributed by atoms with van der Waals surface area (Å²) in [4.78, 5) is 0. The van der Waals surface area contributed by atoms with E-state index in [0.717, 1.165) is 24.3 Å². The molecule has 106 valence electrons. The van der Waals surface area contributed by atoms with Crippen molar-refractivity contribution in [2.75, 3.05) is 6.54 Å². The van der Waals surface area contributed by atoms with Crippen LogP contribution in [-0.4, -0.2) is 12.6 Å². The van der Waals surface area contributed by atoms with Crippen LogP contribution in [0.5, 0.6) is 5.75 Å². The van der Waals surface area contributed by atoms with Gasteiger partial charge in [0, 0.05) is 0 Å². The van der Waals surface area contributed by atoms with Crippen LogP contribution in [0.4, 0.5) is 4.39 Å². The number of hydrogen-bond donors (Lipinski definition) is 1. The number of rotatable bonds is 5. The van der Waals surface area contributed by atoms with Gasteiger partial charge in [-0.3, -0.25) is 0 Å². The first-order chi connectivity index (χ1) is 9.24. The molecule has 1 aliphatic rings. The summed E-state index contributed by atoms with van der Waals surface area (Å²) in [6.07, 6.45) is 6.53. The lowest BCUT2D eigenvalue weighted by Gasteiger charge is -2.29. The van der Waals surface area contributed by atoms with Crippen molar-refractivity contribution in [3.05, 3.63) is 29.6 Å². The Labute approximate surface area is 115 Å². The molecule has 0 radical (unpaired) electrons. The maximum atomic E-state index is 13.9. The van der Waals surface area contributed by atoms with Crippen LogP contribution in [0.2, 0.25) is 0 Å². The van der Waals surface area contributed by atoms with Crippen molar-refractivity contribution < 1.29 is 9.13 Å². The number of benzene rings is 1. The van der Waals surface area contributed by atoms with Gasteiger partial charge in [0.1, 0.15) is 0 Å². The van der Waals surface area contributed by atoms with Crippen LogP contribution < -0.4 is 10.5 Å². The third-order valence-corrected chi connectivity index (χ3v) is 4.12. The zero-order chi connectivity index (χ0) is 13.7. The molecule has 2 N–H and O–H groups in total. The van der Waals surface area contributed by atoms with Crippen molar-refractivity contribution in [1.82, 2.24) is 0 Å². The van der Waals surface area contributed by atoms with Crippen LogP contribution >= 0.6 is 0 Å². The Morgan fingerprint density at radius 2 is 2.00 bits per heavy atom. The van der Waals surface area contributed by atoms with E-state index in [1.54, 1.807) is 6.07 Å². The fourth-order valence-corrected chi connectivity index (χ4v) is 2.86. The summed E-state index contributed by atoms with van der Waals surface area (Å²) in [5, 5.41) is 0. The summed E-state index contributed by atoms with van der Waals surface area (Å²) in [7, 11) is 0. The fraction of sp³-hybridized carbons (Fsp3) is 0.625. The number of halogens is 1. The third-order valence-electron chi connectivity index (χ3n) is 4.12. The Morgan fingerprint density at radius 1 is 1.26 bits per heavy atom. The minimum Gasteiger partial charge on any atom is -0.487 e. The first-order valence-corrected chi connectivity index (χ1v) is 7.38. The molecule has 1 aliphatic carbocycles. The van der Waals surface area contributed by atoms with Gasteiger partial charge in [0.15, 0.2) is 11.6 Å². The second-order valence-corrected chi connectivity index (χ2v) is 5.44. The molecule has 0 heterocycles. The van der Waals surface area contributed by atoms with E-state index in [1.807, 2.05) is 6.07 Å². The highest BCUT2D eigenvalue weighted by atomic mass is 19.1. The minimum atomic E-state index is -0.261. The van der Waals surface area contributed by atoms with E-state index in [1.165, 1.54) is 25.3 Å². The molecule has 2 nitrogen and oxygen atoms in total. The van der Waals surface area contributed by atoms with Gasteiger partial charge < -0.3 is 10.5 Å². The fourth-order valence-electron chi connectivity index (χ4n) is 2.86. The predicted molar refractivity (Wildman–Crippen MR) is 75.8 cm³/mol. The van der Waals surface area contributed by atoms with Crippen molar-refractivity contribution in [3.8, 4) is 5.75 Å². The zero-order valence-electron chi connectivity index (χ0n) is 11.7. The Morgan fingerprint density at radius 3 is 2.63 bits per heavy atom. The van der Waals surface area contributed by atoms with Gasteiger partial charge in [0.25, 0.3) is 0 Å². The second-order valence-electron chi connectivity index (χ2n) is 5.44. The van der Waals surface area contributed by atoms with Gasteiger partial charge in [-0.1, -0.05) is 25.5 Å². The smallest absolute Gasteiger partial charge is 0.165 e. The number of hydrogen-bond acceptors (Lipinski definition) is 2. The molecule has 1 saturated carbocycles. The molecule has 0 saturated heterocycles.